The van der Waals surface area contributed by atoms with Crippen LogP contribution in [0.3, 0.4) is 0 Å². The van der Waals surface area contributed by atoms with Gasteiger partial charge in [-0.1, -0.05) is 102 Å². The molecule has 350 valence electrons. The number of fused-ring (bicyclic) bond motifs is 2. The number of hydrogen-bond acceptors (Lipinski definition) is 6. The largest absolute Gasteiger partial charge is 0.458 e. The molecule has 10 heteroatoms. The third kappa shape index (κ3) is 9.20. The molecule has 70 heavy (non-hydrogen) atoms. The summed E-state index contributed by atoms with van der Waals surface area (Å²) in [6, 6.07) is 54.2. The molecular formula is C60H58N8O2. The zero-order valence-corrected chi connectivity index (χ0v) is 41.6. The minimum absolute atomic E-state index is 0.164. The first kappa shape index (κ1) is 45.5. The van der Waals surface area contributed by atoms with E-state index in [1.807, 2.05) is 24.3 Å². The van der Waals surface area contributed by atoms with Crippen LogP contribution in [0.25, 0.3) is 56.2 Å². The van der Waals surface area contributed by atoms with E-state index in [0.717, 1.165) is 67.3 Å². The van der Waals surface area contributed by atoms with Gasteiger partial charge in [0.1, 0.15) is 23.0 Å². The quantitative estimate of drug-likeness (QED) is 0.0951. The molecule has 0 saturated heterocycles. The van der Waals surface area contributed by atoms with Crippen molar-refractivity contribution >= 4 is 33.4 Å². The molecule has 0 saturated carbocycles. The van der Waals surface area contributed by atoms with Crippen LogP contribution in [0.5, 0.6) is 23.0 Å². The summed E-state index contributed by atoms with van der Waals surface area (Å²) in [5.41, 5.74) is 13.6. The van der Waals surface area contributed by atoms with Gasteiger partial charge in [-0.2, -0.15) is 0 Å². The predicted molar refractivity (Wildman–Crippen MR) is 281 cm³/mol. The van der Waals surface area contributed by atoms with Gasteiger partial charge in [-0.25, -0.2) is 0 Å². The summed E-state index contributed by atoms with van der Waals surface area (Å²) in [7, 11) is 8.22. The van der Waals surface area contributed by atoms with Gasteiger partial charge in [0.2, 0.25) is 0 Å². The van der Waals surface area contributed by atoms with Crippen molar-refractivity contribution in [3.63, 3.8) is 0 Å². The van der Waals surface area contributed by atoms with E-state index in [0.29, 0.717) is 34.4 Å². The Hall–Kier alpha value is -8.24. The molecule has 4 heterocycles. The Balaban J connectivity index is 0.967. The van der Waals surface area contributed by atoms with Crippen LogP contribution in [0.1, 0.15) is 52.7 Å². The first-order valence-corrected chi connectivity index (χ1v) is 23.6. The Labute approximate surface area is 410 Å². The van der Waals surface area contributed by atoms with Gasteiger partial charge < -0.3 is 19.3 Å². The predicted octanol–water partition coefficient (Wildman–Crippen LogP) is 12.5. The van der Waals surface area contributed by atoms with Gasteiger partial charge in [-0.05, 0) is 107 Å². The number of rotatable bonds is 11. The smallest absolute Gasteiger partial charge is 0.269 e. The zero-order valence-electron chi connectivity index (χ0n) is 41.6. The molecule has 10 aromatic rings. The van der Waals surface area contributed by atoms with Crippen LogP contribution in [-0.2, 0) is 10.8 Å². The van der Waals surface area contributed by atoms with Crippen molar-refractivity contribution in [1.29, 1.82) is 0 Å². The van der Waals surface area contributed by atoms with Crippen molar-refractivity contribution in [1.82, 2.24) is 19.1 Å². The Morgan fingerprint density at radius 3 is 1.26 bits per heavy atom. The van der Waals surface area contributed by atoms with Crippen molar-refractivity contribution in [3.8, 4) is 57.1 Å². The summed E-state index contributed by atoms with van der Waals surface area (Å²) in [5, 5.41) is 0. The van der Waals surface area contributed by atoms with Gasteiger partial charge >= 0.3 is 0 Å². The fourth-order valence-electron chi connectivity index (χ4n) is 8.62. The van der Waals surface area contributed by atoms with Crippen molar-refractivity contribution in [2.75, 3.05) is 38.0 Å². The fraction of sp³-hybridized carbons (Fsp3) is 0.200. The molecule has 0 atom stereocenters. The Morgan fingerprint density at radius 2 is 0.857 bits per heavy atom. The first-order valence-electron chi connectivity index (χ1n) is 23.6. The molecule has 0 bridgehead atoms. The number of para-hydroxylation sites is 4. The zero-order chi connectivity index (χ0) is 48.9. The SMILES string of the molecule is CN(C)c1cccc(-n2[c-][n+](-c3cc(Oc4ccnc(-c5cc(Oc6cc(-[n+]7[c-]n(-c8cccc(N(C)C)c8)c8ccccc87)cc(C(C)(C)C)c6)ccn5)c4)cc(C(C)(C)C)c3)c3ccccc32)c1. The van der Waals surface area contributed by atoms with Crippen molar-refractivity contribution in [2.24, 2.45) is 0 Å². The molecule has 0 aliphatic rings. The highest BCUT2D eigenvalue weighted by Gasteiger charge is 2.22. The summed E-state index contributed by atoms with van der Waals surface area (Å²) >= 11 is 0. The van der Waals surface area contributed by atoms with E-state index in [1.54, 1.807) is 12.4 Å². The monoisotopic (exact) mass is 922 g/mol. The van der Waals surface area contributed by atoms with Crippen LogP contribution in [0, 0.1) is 12.7 Å². The Kier molecular flexibility index (Phi) is 11.7. The highest BCUT2D eigenvalue weighted by Crippen LogP contribution is 2.35. The van der Waals surface area contributed by atoms with E-state index in [1.165, 1.54) is 0 Å². The standard InChI is InChI=1S/C60H58N8O2/c1-59(2,3)41-29-47(67-39-65(55-21-11-13-23-57(55)67)45-19-15-17-43(33-45)63(7)8)35-51(31-41)69-49-25-27-61-53(37-49)54-38-50(26-28-62-54)70-52-32-42(60(4,5)6)30-48(36-52)68-40-66(56-22-12-14-24-58(56)68)46-20-16-18-44(34-46)64(9)10/h11-38H,1-10H3. The average molecular weight is 923 g/mol. The second kappa shape index (κ2) is 18.0. The molecule has 6 aromatic carbocycles. The van der Waals surface area contributed by atoms with E-state index < -0.39 is 0 Å². The lowest BCUT2D eigenvalue weighted by Gasteiger charge is -2.22. The number of anilines is 2. The second-order valence-corrected chi connectivity index (χ2v) is 20.2. The second-order valence-electron chi connectivity index (χ2n) is 20.2. The Bertz CT molecular complexity index is 3320. The molecule has 0 aliphatic carbocycles. The van der Waals surface area contributed by atoms with Gasteiger partial charge in [-0.3, -0.25) is 28.2 Å². The molecule has 0 fully saturated rings. The van der Waals surface area contributed by atoms with Crippen LogP contribution >= 0.6 is 0 Å². The molecule has 0 aliphatic heterocycles. The minimum Gasteiger partial charge on any atom is -0.458 e. The van der Waals surface area contributed by atoms with Crippen molar-refractivity contribution < 1.29 is 18.6 Å². The van der Waals surface area contributed by atoms with Gasteiger partial charge in [0, 0.05) is 64.1 Å². The molecule has 0 spiro atoms. The van der Waals surface area contributed by atoms with E-state index in [4.69, 9.17) is 19.4 Å². The number of ether oxygens (including phenoxy) is 2. The van der Waals surface area contributed by atoms with Crippen molar-refractivity contribution in [2.45, 2.75) is 52.4 Å². The lowest BCUT2D eigenvalue weighted by Crippen LogP contribution is -2.30. The fourth-order valence-corrected chi connectivity index (χ4v) is 8.62. The topological polar surface area (TPSA) is 68.3 Å². The summed E-state index contributed by atoms with van der Waals surface area (Å²) in [6.07, 6.45) is 10.9. The van der Waals surface area contributed by atoms with E-state index in [2.05, 4.69) is 244 Å². The van der Waals surface area contributed by atoms with E-state index in [9.17, 15) is 0 Å². The summed E-state index contributed by atoms with van der Waals surface area (Å²) in [5.74, 6) is 2.67. The number of imidazole rings is 2. The summed E-state index contributed by atoms with van der Waals surface area (Å²) < 4.78 is 22.0. The van der Waals surface area contributed by atoms with Crippen LogP contribution in [0.4, 0.5) is 11.4 Å². The summed E-state index contributed by atoms with van der Waals surface area (Å²) in [4.78, 5) is 13.7. The van der Waals surface area contributed by atoms with Gasteiger partial charge in [0.15, 0.2) is 0 Å². The van der Waals surface area contributed by atoms with Crippen LogP contribution in [0.15, 0.2) is 170 Å². The van der Waals surface area contributed by atoms with E-state index in [-0.39, 0.29) is 10.8 Å². The summed E-state index contributed by atoms with van der Waals surface area (Å²) in [6.45, 7) is 13.3. The highest BCUT2D eigenvalue weighted by atomic mass is 16.5. The number of nitrogens with zero attached hydrogens (tertiary/aromatic N) is 8. The lowest BCUT2D eigenvalue weighted by molar-refractivity contribution is -0.572. The maximum atomic E-state index is 6.74. The van der Waals surface area contributed by atoms with E-state index >= 15 is 0 Å². The average Bonchev–Trinajstić information content (AvgIpc) is 3.94. The third-order valence-corrected chi connectivity index (χ3v) is 12.6. The number of pyridine rings is 2. The minimum atomic E-state index is -0.164. The van der Waals surface area contributed by atoms with Crippen LogP contribution in [0.2, 0.25) is 0 Å². The maximum absolute atomic E-state index is 6.74. The van der Waals surface area contributed by atoms with Crippen LogP contribution in [-0.4, -0.2) is 47.3 Å². The van der Waals surface area contributed by atoms with Gasteiger partial charge in [0.25, 0.3) is 12.7 Å². The molecule has 10 rings (SSSR count). The van der Waals surface area contributed by atoms with Crippen LogP contribution < -0.4 is 28.4 Å². The first-order chi connectivity index (χ1) is 33.6. The number of hydrogen-bond donors (Lipinski definition) is 0. The highest BCUT2D eigenvalue weighted by molar-refractivity contribution is 5.76. The molecule has 4 aromatic heterocycles. The van der Waals surface area contributed by atoms with Gasteiger partial charge in [-0.15, -0.1) is 0 Å². The number of benzene rings is 6. The van der Waals surface area contributed by atoms with Gasteiger partial charge in [0.05, 0.1) is 56.2 Å². The molecule has 0 N–H and O–H groups in total. The third-order valence-electron chi connectivity index (χ3n) is 12.6. The molecule has 0 amide bonds. The molecule has 0 unspecified atom stereocenters. The maximum Gasteiger partial charge on any atom is 0.269 e. The molecule has 0 radical (unpaired) electrons. The Morgan fingerprint density at radius 1 is 0.443 bits per heavy atom. The number of aromatic nitrogens is 6. The normalized spacial score (nSPS) is 11.9. The lowest BCUT2D eigenvalue weighted by atomic mass is 9.86. The van der Waals surface area contributed by atoms with Crippen molar-refractivity contribution in [3.05, 3.63) is 194 Å². The molecule has 10 nitrogen and oxygen atoms in total. The molecular weight excluding hydrogens is 865 g/mol.